The summed E-state index contributed by atoms with van der Waals surface area (Å²) in [5.41, 5.74) is 0.537. The van der Waals surface area contributed by atoms with Crippen molar-refractivity contribution in [3.63, 3.8) is 0 Å². The van der Waals surface area contributed by atoms with Crippen molar-refractivity contribution in [3.05, 3.63) is 18.6 Å². The minimum absolute atomic E-state index is 0.537. The van der Waals surface area contributed by atoms with Crippen molar-refractivity contribution in [2.24, 2.45) is 5.41 Å². The van der Waals surface area contributed by atoms with E-state index in [1.54, 1.807) is 12.4 Å². The molecule has 3 atom stereocenters. The van der Waals surface area contributed by atoms with Gasteiger partial charge in [-0.15, -0.1) is 0 Å². The molecule has 0 unspecified atom stereocenters. The number of nitrogens with zero attached hydrogens (tertiary/aromatic N) is 4. The SMILES string of the molecule is CN1[C@H]2CC[C@H]1[C@@]1(CCN(c3cnccn3)C1)C2. The molecule has 0 amide bonds. The maximum absolute atomic E-state index is 4.45. The zero-order chi connectivity index (χ0) is 12.2. The first-order valence-corrected chi connectivity index (χ1v) is 7.01. The van der Waals surface area contributed by atoms with Crippen LogP contribution in [-0.4, -0.2) is 47.1 Å². The average molecular weight is 244 g/mol. The largest absolute Gasteiger partial charge is 0.355 e. The van der Waals surface area contributed by atoms with Gasteiger partial charge in [-0.05, 0) is 32.7 Å². The molecular weight excluding hydrogens is 224 g/mol. The summed E-state index contributed by atoms with van der Waals surface area (Å²) in [6.45, 7) is 2.33. The Kier molecular flexibility index (Phi) is 2.19. The highest BCUT2D eigenvalue weighted by Gasteiger charge is 2.56. The van der Waals surface area contributed by atoms with E-state index >= 15 is 0 Å². The van der Waals surface area contributed by atoms with Crippen molar-refractivity contribution in [3.8, 4) is 0 Å². The second-order valence-electron chi connectivity index (χ2n) is 6.21. The molecule has 18 heavy (non-hydrogen) atoms. The fourth-order valence-electron chi connectivity index (χ4n) is 4.59. The summed E-state index contributed by atoms with van der Waals surface area (Å²) >= 11 is 0. The molecule has 0 N–H and O–H groups in total. The predicted molar refractivity (Wildman–Crippen MR) is 70.5 cm³/mol. The van der Waals surface area contributed by atoms with Gasteiger partial charge in [-0.2, -0.15) is 0 Å². The average Bonchev–Trinajstić information content (AvgIpc) is 3.05. The van der Waals surface area contributed by atoms with Crippen LogP contribution in [0.25, 0.3) is 0 Å². The lowest BCUT2D eigenvalue weighted by Gasteiger charge is -2.33. The standard InChI is InChI=1S/C14H20N4/c1-17-11-2-3-12(17)14(8-11)4-7-18(10-14)13-9-15-5-6-16-13/h5-6,9,11-12H,2-4,7-8,10H2,1H3/t11-,12-,14-/m0/s1. The van der Waals surface area contributed by atoms with Crippen LogP contribution in [0.2, 0.25) is 0 Å². The molecule has 3 saturated heterocycles. The van der Waals surface area contributed by atoms with Crippen LogP contribution in [-0.2, 0) is 0 Å². The summed E-state index contributed by atoms with van der Waals surface area (Å²) in [5, 5.41) is 0. The Hall–Kier alpha value is -1.16. The van der Waals surface area contributed by atoms with Crippen molar-refractivity contribution >= 4 is 5.82 Å². The minimum Gasteiger partial charge on any atom is -0.355 e. The van der Waals surface area contributed by atoms with Crippen LogP contribution in [0.4, 0.5) is 5.82 Å². The Morgan fingerprint density at radius 3 is 2.94 bits per heavy atom. The smallest absolute Gasteiger partial charge is 0.147 e. The zero-order valence-electron chi connectivity index (χ0n) is 10.9. The van der Waals surface area contributed by atoms with Gasteiger partial charge < -0.3 is 4.90 Å². The molecule has 2 bridgehead atoms. The molecule has 0 aromatic carbocycles. The first-order chi connectivity index (χ1) is 8.78. The van der Waals surface area contributed by atoms with E-state index < -0.39 is 0 Å². The third-order valence-electron chi connectivity index (χ3n) is 5.45. The Labute approximate surface area is 108 Å². The molecule has 0 saturated carbocycles. The fraction of sp³-hybridized carbons (Fsp3) is 0.714. The molecule has 3 aliphatic heterocycles. The molecule has 1 spiro atoms. The van der Waals surface area contributed by atoms with Crippen LogP contribution in [0.15, 0.2) is 18.6 Å². The lowest BCUT2D eigenvalue weighted by atomic mass is 9.73. The van der Waals surface area contributed by atoms with Gasteiger partial charge in [-0.1, -0.05) is 0 Å². The molecule has 96 valence electrons. The topological polar surface area (TPSA) is 32.3 Å². The van der Waals surface area contributed by atoms with Crippen LogP contribution in [0.5, 0.6) is 0 Å². The molecular formula is C14H20N4. The van der Waals surface area contributed by atoms with E-state index in [2.05, 4.69) is 26.8 Å². The van der Waals surface area contributed by atoms with Crippen molar-refractivity contribution in [1.29, 1.82) is 0 Å². The van der Waals surface area contributed by atoms with Crippen LogP contribution in [0.1, 0.15) is 25.7 Å². The van der Waals surface area contributed by atoms with Gasteiger partial charge >= 0.3 is 0 Å². The number of rotatable bonds is 1. The molecule has 0 radical (unpaired) electrons. The van der Waals surface area contributed by atoms with Crippen molar-refractivity contribution in [1.82, 2.24) is 14.9 Å². The lowest BCUT2D eigenvalue weighted by molar-refractivity contribution is 0.207. The van der Waals surface area contributed by atoms with Crippen LogP contribution in [0, 0.1) is 5.41 Å². The third-order valence-corrected chi connectivity index (χ3v) is 5.45. The third kappa shape index (κ3) is 1.35. The molecule has 4 heteroatoms. The van der Waals surface area contributed by atoms with E-state index in [4.69, 9.17) is 0 Å². The van der Waals surface area contributed by atoms with E-state index in [0.29, 0.717) is 5.41 Å². The van der Waals surface area contributed by atoms with E-state index in [0.717, 1.165) is 24.4 Å². The molecule has 1 aromatic heterocycles. The molecule has 4 heterocycles. The van der Waals surface area contributed by atoms with Crippen molar-refractivity contribution < 1.29 is 0 Å². The van der Waals surface area contributed by atoms with E-state index in [-0.39, 0.29) is 0 Å². The van der Waals surface area contributed by atoms with Crippen molar-refractivity contribution in [2.75, 3.05) is 25.0 Å². The second kappa shape index (κ2) is 3.67. The Balaban J connectivity index is 1.58. The van der Waals surface area contributed by atoms with Gasteiger partial charge in [0.15, 0.2) is 0 Å². The molecule has 4 nitrogen and oxygen atoms in total. The van der Waals surface area contributed by atoms with Gasteiger partial charge in [-0.3, -0.25) is 9.88 Å². The van der Waals surface area contributed by atoms with Gasteiger partial charge in [0.25, 0.3) is 0 Å². The van der Waals surface area contributed by atoms with Crippen LogP contribution < -0.4 is 4.90 Å². The van der Waals surface area contributed by atoms with E-state index in [1.807, 2.05) is 6.20 Å². The second-order valence-corrected chi connectivity index (χ2v) is 6.21. The van der Waals surface area contributed by atoms with Crippen LogP contribution >= 0.6 is 0 Å². The van der Waals surface area contributed by atoms with Gasteiger partial charge in [0, 0.05) is 43.0 Å². The summed E-state index contributed by atoms with van der Waals surface area (Å²) in [7, 11) is 2.32. The number of fused-ring (bicyclic) bond motifs is 3. The number of hydrogen-bond acceptors (Lipinski definition) is 4. The Bertz CT molecular complexity index is 448. The number of aromatic nitrogens is 2. The van der Waals surface area contributed by atoms with Gasteiger partial charge in [0.1, 0.15) is 5.82 Å². The highest BCUT2D eigenvalue weighted by molar-refractivity contribution is 5.38. The molecule has 4 rings (SSSR count). The normalized spacial score (nSPS) is 39.1. The predicted octanol–water partition coefficient (Wildman–Crippen LogP) is 1.54. The molecule has 0 aliphatic carbocycles. The van der Waals surface area contributed by atoms with Gasteiger partial charge in [-0.25, -0.2) is 4.98 Å². The number of anilines is 1. The number of hydrogen-bond donors (Lipinski definition) is 0. The maximum atomic E-state index is 4.45. The Morgan fingerprint density at radius 2 is 2.28 bits per heavy atom. The Morgan fingerprint density at radius 1 is 1.33 bits per heavy atom. The van der Waals surface area contributed by atoms with E-state index in [1.165, 1.54) is 32.2 Å². The monoisotopic (exact) mass is 244 g/mol. The quantitative estimate of drug-likeness (QED) is 0.750. The summed E-state index contributed by atoms with van der Waals surface area (Å²) in [6, 6.07) is 1.65. The fourth-order valence-corrected chi connectivity index (χ4v) is 4.59. The molecule has 3 fully saturated rings. The first-order valence-electron chi connectivity index (χ1n) is 7.01. The van der Waals surface area contributed by atoms with Gasteiger partial charge in [0.05, 0.1) is 6.20 Å². The lowest BCUT2D eigenvalue weighted by Crippen LogP contribution is -2.38. The van der Waals surface area contributed by atoms with E-state index in [9.17, 15) is 0 Å². The summed E-state index contributed by atoms with van der Waals surface area (Å²) in [5.74, 6) is 1.06. The summed E-state index contributed by atoms with van der Waals surface area (Å²) in [6.07, 6.45) is 11.0. The first kappa shape index (κ1) is 10.7. The van der Waals surface area contributed by atoms with Crippen molar-refractivity contribution in [2.45, 2.75) is 37.8 Å². The highest BCUT2D eigenvalue weighted by atomic mass is 15.3. The maximum Gasteiger partial charge on any atom is 0.147 e. The zero-order valence-corrected chi connectivity index (χ0v) is 10.9. The summed E-state index contributed by atoms with van der Waals surface area (Å²) < 4.78 is 0. The summed E-state index contributed by atoms with van der Waals surface area (Å²) in [4.78, 5) is 13.7. The van der Waals surface area contributed by atoms with Crippen LogP contribution in [0.3, 0.4) is 0 Å². The molecule has 1 aromatic rings. The minimum atomic E-state index is 0.537. The van der Waals surface area contributed by atoms with Gasteiger partial charge in [0.2, 0.25) is 0 Å². The highest BCUT2D eigenvalue weighted by Crippen LogP contribution is 2.53. The molecule has 3 aliphatic rings.